The number of hydrogen-bond donors (Lipinski definition) is 1. The first-order valence-corrected chi connectivity index (χ1v) is 8.79. The fourth-order valence-electron chi connectivity index (χ4n) is 3.12. The van der Waals surface area contributed by atoms with Crippen LogP contribution in [-0.2, 0) is 11.2 Å². The highest BCUT2D eigenvalue weighted by atomic mass is 35.5. The van der Waals surface area contributed by atoms with Crippen molar-refractivity contribution in [3.8, 4) is 0 Å². The maximum atomic E-state index is 12.1. The minimum atomic E-state index is -0.440. The summed E-state index contributed by atoms with van der Waals surface area (Å²) in [6, 6.07) is 3.89. The number of rotatable bonds is 2. The Kier molecular flexibility index (Phi) is 4.72. The quantitative estimate of drug-likeness (QED) is 0.873. The SMILES string of the molecule is CC(C)(C)OC(=O)N1CCC(Cc2cc3c(Cl)ccnc3[nH]2)CC1. The van der Waals surface area contributed by atoms with E-state index in [2.05, 4.69) is 16.0 Å². The number of aromatic nitrogens is 2. The molecule has 3 rings (SSSR count). The van der Waals surface area contributed by atoms with Crippen molar-refractivity contribution < 1.29 is 9.53 Å². The third-order valence-electron chi connectivity index (χ3n) is 4.31. The molecule has 1 amide bonds. The molecule has 6 heteroatoms. The Morgan fingerprint density at radius 1 is 1.42 bits per heavy atom. The van der Waals surface area contributed by atoms with Crippen LogP contribution in [0.3, 0.4) is 0 Å². The molecule has 0 atom stereocenters. The van der Waals surface area contributed by atoms with Gasteiger partial charge >= 0.3 is 6.09 Å². The number of fused-ring (bicyclic) bond motifs is 1. The van der Waals surface area contributed by atoms with Gasteiger partial charge in [-0.25, -0.2) is 9.78 Å². The molecule has 130 valence electrons. The standard InChI is InChI=1S/C18H24ClN3O2/c1-18(2,3)24-17(23)22-8-5-12(6-9-22)10-13-11-14-15(19)4-7-20-16(14)21-13/h4,7,11-12H,5-6,8-10H2,1-3H3,(H,20,21). The monoisotopic (exact) mass is 349 g/mol. The van der Waals surface area contributed by atoms with Crippen molar-refractivity contribution in [2.75, 3.05) is 13.1 Å². The summed E-state index contributed by atoms with van der Waals surface area (Å²) in [5.74, 6) is 0.551. The Hall–Kier alpha value is -1.75. The first-order valence-electron chi connectivity index (χ1n) is 8.42. The smallest absolute Gasteiger partial charge is 0.410 e. The highest BCUT2D eigenvalue weighted by Gasteiger charge is 2.27. The lowest BCUT2D eigenvalue weighted by atomic mass is 9.92. The summed E-state index contributed by atoms with van der Waals surface area (Å²) >= 11 is 6.20. The van der Waals surface area contributed by atoms with Gasteiger partial charge in [0.05, 0.1) is 5.02 Å². The topological polar surface area (TPSA) is 58.2 Å². The largest absolute Gasteiger partial charge is 0.444 e. The summed E-state index contributed by atoms with van der Waals surface area (Å²) in [7, 11) is 0. The van der Waals surface area contributed by atoms with Crippen molar-refractivity contribution in [3.05, 3.63) is 29.0 Å². The summed E-state index contributed by atoms with van der Waals surface area (Å²) < 4.78 is 5.44. The van der Waals surface area contributed by atoms with Gasteiger partial charge in [-0.2, -0.15) is 0 Å². The van der Waals surface area contributed by atoms with Crippen LogP contribution in [0.15, 0.2) is 18.3 Å². The van der Waals surface area contributed by atoms with E-state index in [-0.39, 0.29) is 6.09 Å². The predicted octanol–water partition coefficient (Wildman–Crippen LogP) is 4.41. The van der Waals surface area contributed by atoms with Crippen molar-refractivity contribution in [2.24, 2.45) is 5.92 Å². The Morgan fingerprint density at radius 2 is 2.12 bits per heavy atom. The average molecular weight is 350 g/mol. The number of likely N-dealkylation sites (tertiary alicyclic amines) is 1. The zero-order valence-corrected chi connectivity index (χ0v) is 15.2. The van der Waals surface area contributed by atoms with Gasteiger partial charge in [0, 0.05) is 30.4 Å². The second kappa shape index (κ2) is 6.63. The van der Waals surface area contributed by atoms with Crippen molar-refractivity contribution in [2.45, 2.75) is 45.6 Å². The van der Waals surface area contributed by atoms with Gasteiger partial charge in [-0.1, -0.05) is 11.6 Å². The number of hydrogen-bond acceptors (Lipinski definition) is 3. The van der Waals surface area contributed by atoms with E-state index >= 15 is 0 Å². The number of halogens is 1. The number of nitrogens with one attached hydrogen (secondary N) is 1. The van der Waals surface area contributed by atoms with Crippen LogP contribution in [0.5, 0.6) is 0 Å². The van der Waals surface area contributed by atoms with E-state index in [4.69, 9.17) is 16.3 Å². The van der Waals surface area contributed by atoms with E-state index in [0.29, 0.717) is 5.92 Å². The van der Waals surface area contributed by atoms with Crippen molar-refractivity contribution in [1.29, 1.82) is 0 Å². The minimum Gasteiger partial charge on any atom is -0.444 e. The van der Waals surface area contributed by atoms with E-state index in [1.807, 2.05) is 25.7 Å². The van der Waals surface area contributed by atoms with Gasteiger partial charge in [0.25, 0.3) is 0 Å². The number of carbonyl (C=O) groups excluding carboxylic acids is 1. The lowest BCUT2D eigenvalue weighted by Crippen LogP contribution is -2.42. The molecular weight excluding hydrogens is 326 g/mol. The Bertz CT molecular complexity index is 727. The van der Waals surface area contributed by atoms with Crippen molar-refractivity contribution >= 4 is 28.7 Å². The molecule has 0 bridgehead atoms. The molecular formula is C18H24ClN3O2. The van der Waals surface area contributed by atoms with Crippen LogP contribution >= 0.6 is 11.6 Å². The molecule has 5 nitrogen and oxygen atoms in total. The van der Waals surface area contributed by atoms with Crippen LogP contribution in [0, 0.1) is 5.92 Å². The molecule has 1 aliphatic heterocycles. The van der Waals surface area contributed by atoms with Gasteiger partial charge in [-0.05, 0) is 58.1 Å². The molecule has 1 saturated heterocycles. The van der Waals surface area contributed by atoms with Crippen LogP contribution < -0.4 is 0 Å². The molecule has 0 aromatic carbocycles. The van der Waals surface area contributed by atoms with Gasteiger partial charge in [0.15, 0.2) is 0 Å². The number of piperidine rings is 1. The second-order valence-electron chi connectivity index (χ2n) is 7.46. The first-order chi connectivity index (χ1) is 11.3. The molecule has 3 heterocycles. The molecule has 1 aliphatic rings. The number of nitrogens with zero attached hydrogens (tertiary/aromatic N) is 2. The van der Waals surface area contributed by atoms with Crippen LogP contribution in [0.4, 0.5) is 4.79 Å². The van der Waals surface area contributed by atoms with Gasteiger partial charge in [-0.15, -0.1) is 0 Å². The fourth-order valence-corrected chi connectivity index (χ4v) is 3.32. The third-order valence-corrected chi connectivity index (χ3v) is 4.64. The van der Waals surface area contributed by atoms with Crippen molar-refractivity contribution in [1.82, 2.24) is 14.9 Å². The van der Waals surface area contributed by atoms with Gasteiger partial charge in [0.1, 0.15) is 11.2 Å². The Morgan fingerprint density at radius 3 is 2.75 bits per heavy atom. The molecule has 0 radical (unpaired) electrons. The Labute approximate surface area is 147 Å². The molecule has 0 aliphatic carbocycles. The number of H-pyrrole nitrogens is 1. The van der Waals surface area contributed by atoms with E-state index in [0.717, 1.165) is 54.1 Å². The van der Waals surface area contributed by atoms with E-state index in [1.54, 1.807) is 12.3 Å². The molecule has 1 N–H and O–H groups in total. The summed E-state index contributed by atoms with van der Waals surface area (Å²) in [4.78, 5) is 21.6. The van der Waals surface area contributed by atoms with Crippen LogP contribution in [0.2, 0.25) is 5.02 Å². The average Bonchev–Trinajstić information content (AvgIpc) is 2.90. The van der Waals surface area contributed by atoms with Gasteiger partial charge in [-0.3, -0.25) is 0 Å². The second-order valence-corrected chi connectivity index (χ2v) is 7.87. The van der Waals surface area contributed by atoms with Crippen LogP contribution in [0.1, 0.15) is 39.3 Å². The van der Waals surface area contributed by atoms with Crippen molar-refractivity contribution in [3.63, 3.8) is 0 Å². The van der Waals surface area contributed by atoms with Crippen LogP contribution in [0.25, 0.3) is 11.0 Å². The van der Waals surface area contributed by atoms with E-state index in [9.17, 15) is 4.79 Å². The highest BCUT2D eigenvalue weighted by molar-refractivity contribution is 6.35. The minimum absolute atomic E-state index is 0.206. The van der Waals surface area contributed by atoms with Gasteiger partial charge in [0.2, 0.25) is 0 Å². The molecule has 2 aromatic heterocycles. The lowest BCUT2D eigenvalue weighted by Gasteiger charge is -2.33. The molecule has 2 aromatic rings. The maximum Gasteiger partial charge on any atom is 0.410 e. The molecule has 0 saturated carbocycles. The number of amides is 1. The number of carbonyl (C=O) groups is 1. The summed E-state index contributed by atoms with van der Waals surface area (Å²) in [5, 5.41) is 1.70. The highest BCUT2D eigenvalue weighted by Crippen LogP contribution is 2.27. The summed E-state index contributed by atoms with van der Waals surface area (Å²) in [6.45, 7) is 7.18. The summed E-state index contributed by atoms with van der Waals surface area (Å²) in [5.41, 5.74) is 1.55. The fraction of sp³-hybridized carbons (Fsp3) is 0.556. The maximum absolute atomic E-state index is 12.1. The normalized spacial score (nSPS) is 16.6. The number of pyridine rings is 1. The van der Waals surface area contributed by atoms with Crippen LogP contribution in [-0.4, -0.2) is 39.7 Å². The zero-order valence-electron chi connectivity index (χ0n) is 14.4. The number of ether oxygens (including phenoxy) is 1. The molecule has 0 spiro atoms. The Balaban J connectivity index is 1.57. The molecule has 0 unspecified atom stereocenters. The molecule has 24 heavy (non-hydrogen) atoms. The van der Waals surface area contributed by atoms with E-state index < -0.39 is 5.60 Å². The number of aromatic amines is 1. The molecule has 1 fully saturated rings. The van der Waals surface area contributed by atoms with Gasteiger partial charge < -0.3 is 14.6 Å². The zero-order chi connectivity index (χ0) is 17.3. The first kappa shape index (κ1) is 17.1. The summed E-state index contributed by atoms with van der Waals surface area (Å²) in [6.07, 6.45) is 4.42. The third kappa shape index (κ3) is 4.01. The lowest BCUT2D eigenvalue weighted by molar-refractivity contribution is 0.0184. The predicted molar refractivity (Wildman–Crippen MR) is 95.3 cm³/mol. The van der Waals surface area contributed by atoms with E-state index in [1.165, 1.54) is 0 Å².